The Labute approximate surface area is 205 Å². The fraction of sp³-hybridized carbons (Fsp3) is 0.364. The van der Waals surface area contributed by atoms with E-state index < -0.39 is 10.0 Å². The van der Waals surface area contributed by atoms with Gasteiger partial charge in [0.05, 0.1) is 16.0 Å². The van der Waals surface area contributed by atoms with Crippen LogP contribution in [0.25, 0.3) is 15.9 Å². The Morgan fingerprint density at radius 2 is 2.03 bits per heavy atom. The number of anilines is 1. The van der Waals surface area contributed by atoms with Crippen LogP contribution in [0.3, 0.4) is 0 Å². The van der Waals surface area contributed by atoms with Crippen LogP contribution >= 0.6 is 23.1 Å². The lowest BCUT2D eigenvalue weighted by atomic mass is 9.89. The third-order valence-corrected chi connectivity index (χ3v) is 9.86. The van der Waals surface area contributed by atoms with Crippen LogP contribution in [0, 0.1) is 5.92 Å². The zero-order chi connectivity index (χ0) is 24.0. The summed E-state index contributed by atoms with van der Waals surface area (Å²) >= 11 is 3.03. The van der Waals surface area contributed by atoms with E-state index in [-0.39, 0.29) is 16.6 Å². The smallest absolute Gasteiger partial charge is 0.242 e. The van der Waals surface area contributed by atoms with Gasteiger partial charge in [0.2, 0.25) is 15.9 Å². The summed E-state index contributed by atoms with van der Waals surface area (Å²) in [5.74, 6) is 0.601. The summed E-state index contributed by atoms with van der Waals surface area (Å²) < 4.78 is 27.4. The number of amides is 1. The van der Waals surface area contributed by atoms with Crippen molar-refractivity contribution in [1.29, 1.82) is 0 Å². The molecule has 0 radical (unpaired) electrons. The van der Waals surface area contributed by atoms with Crippen LogP contribution in [-0.2, 0) is 27.7 Å². The molecule has 178 valence electrons. The van der Waals surface area contributed by atoms with Crippen molar-refractivity contribution in [3.05, 3.63) is 41.0 Å². The van der Waals surface area contributed by atoms with Gasteiger partial charge in [-0.3, -0.25) is 9.20 Å². The van der Waals surface area contributed by atoms with E-state index in [2.05, 4.69) is 27.4 Å². The van der Waals surface area contributed by atoms with E-state index in [1.54, 1.807) is 29.8 Å². The highest BCUT2D eigenvalue weighted by molar-refractivity contribution is 7.99. The van der Waals surface area contributed by atoms with Crippen molar-refractivity contribution in [2.75, 3.05) is 25.2 Å². The number of fused-ring (bicyclic) bond motifs is 5. The van der Waals surface area contributed by atoms with Crippen molar-refractivity contribution in [3.63, 3.8) is 0 Å². The molecule has 0 fully saturated rings. The van der Waals surface area contributed by atoms with E-state index in [0.29, 0.717) is 16.8 Å². The molecule has 3 aromatic heterocycles. The summed E-state index contributed by atoms with van der Waals surface area (Å²) in [5.41, 5.74) is 2.66. The van der Waals surface area contributed by atoms with Gasteiger partial charge in [0.1, 0.15) is 11.2 Å². The first kappa shape index (κ1) is 23.2. The first-order valence-corrected chi connectivity index (χ1v) is 14.1. The molecule has 9 nitrogen and oxygen atoms in total. The number of carbonyl (C=O) groups is 1. The second-order valence-corrected chi connectivity index (χ2v) is 12.8. The molecule has 1 atom stereocenters. The van der Waals surface area contributed by atoms with Crippen molar-refractivity contribution < 1.29 is 13.2 Å². The number of hydrogen-bond donors (Lipinski definition) is 1. The van der Waals surface area contributed by atoms with E-state index in [0.717, 1.165) is 39.4 Å². The normalized spacial score (nSPS) is 16.3. The zero-order valence-corrected chi connectivity index (χ0v) is 21.4. The van der Waals surface area contributed by atoms with Crippen LogP contribution in [0.15, 0.2) is 40.6 Å². The van der Waals surface area contributed by atoms with E-state index in [1.807, 2.05) is 4.40 Å². The predicted molar refractivity (Wildman–Crippen MR) is 134 cm³/mol. The first-order chi connectivity index (χ1) is 16.2. The quantitative estimate of drug-likeness (QED) is 0.391. The highest BCUT2D eigenvalue weighted by Crippen LogP contribution is 2.39. The first-order valence-electron chi connectivity index (χ1n) is 10.8. The standard InChI is InChI=1S/C22H24N6O3S3/c1-13-4-9-16-17(10-13)33-21-19(16)20-25-26-22(28(20)12-23-21)32-11-18(29)24-14-5-7-15(8-6-14)34(30,31)27(2)3/h5-8,12-13H,4,9-11H2,1-3H3,(H,24,29)/t13-/m1/s1. The molecule has 34 heavy (non-hydrogen) atoms. The molecule has 0 spiro atoms. The second kappa shape index (κ2) is 8.91. The van der Waals surface area contributed by atoms with Gasteiger partial charge in [-0.05, 0) is 55.0 Å². The highest BCUT2D eigenvalue weighted by Gasteiger charge is 2.24. The van der Waals surface area contributed by atoms with Crippen molar-refractivity contribution >= 4 is 60.6 Å². The molecule has 1 aliphatic rings. The average molecular weight is 517 g/mol. The molecule has 1 aliphatic carbocycles. The average Bonchev–Trinajstić information content (AvgIpc) is 3.38. The van der Waals surface area contributed by atoms with Crippen molar-refractivity contribution in [3.8, 4) is 0 Å². The zero-order valence-electron chi connectivity index (χ0n) is 19.0. The van der Waals surface area contributed by atoms with Crippen molar-refractivity contribution in [2.24, 2.45) is 5.92 Å². The lowest BCUT2D eigenvalue weighted by Gasteiger charge is -2.17. The van der Waals surface area contributed by atoms with Crippen LogP contribution < -0.4 is 5.32 Å². The number of sulfonamides is 1. The minimum Gasteiger partial charge on any atom is -0.325 e. The Morgan fingerprint density at radius 3 is 2.76 bits per heavy atom. The molecule has 3 heterocycles. The maximum atomic E-state index is 12.5. The number of benzene rings is 1. The number of thiophene rings is 1. The van der Waals surface area contributed by atoms with E-state index >= 15 is 0 Å². The largest absolute Gasteiger partial charge is 0.325 e. The Morgan fingerprint density at radius 1 is 1.26 bits per heavy atom. The van der Waals surface area contributed by atoms with Gasteiger partial charge in [-0.1, -0.05) is 18.7 Å². The fourth-order valence-electron chi connectivity index (χ4n) is 4.07. The number of aryl methyl sites for hydroxylation is 1. The predicted octanol–water partition coefficient (Wildman–Crippen LogP) is 3.44. The second-order valence-electron chi connectivity index (χ2n) is 8.60. The molecule has 1 N–H and O–H groups in total. The summed E-state index contributed by atoms with van der Waals surface area (Å²) in [6, 6.07) is 6.10. The number of aromatic nitrogens is 4. The third kappa shape index (κ3) is 4.19. The SMILES string of the molecule is C[C@@H]1CCc2c(sc3ncn4c(SCC(=O)Nc5ccc(S(=O)(=O)N(C)C)cc5)nnc4c23)C1. The van der Waals surface area contributed by atoms with Crippen LogP contribution in [-0.4, -0.2) is 58.1 Å². The molecule has 1 amide bonds. The molecule has 0 saturated heterocycles. The Hall–Kier alpha value is -2.54. The molecule has 12 heteroatoms. The number of carbonyl (C=O) groups excluding carboxylic acids is 1. The topological polar surface area (TPSA) is 110 Å². The van der Waals surface area contributed by atoms with Crippen LogP contribution in [0.5, 0.6) is 0 Å². The minimum atomic E-state index is -3.51. The van der Waals surface area contributed by atoms with Crippen LogP contribution in [0.2, 0.25) is 0 Å². The summed E-state index contributed by atoms with van der Waals surface area (Å²) in [6.07, 6.45) is 5.01. The van der Waals surface area contributed by atoms with Gasteiger partial charge in [-0.15, -0.1) is 21.5 Å². The van der Waals surface area contributed by atoms with E-state index in [9.17, 15) is 13.2 Å². The molecule has 1 aromatic carbocycles. The van der Waals surface area contributed by atoms with E-state index in [1.165, 1.54) is 48.4 Å². The molecular formula is C22H24N6O3S3. The number of thioether (sulfide) groups is 1. The minimum absolute atomic E-state index is 0.135. The summed E-state index contributed by atoms with van der Waals surface area (Å²) in [7, 11) is -0.556. The van der Waals surface area contributed by atoms with Gasteiger partial charge in [0.15, 0.2) is 10.8 Å². The molecule has 5 rings (SSSR count). The molecule has 0 bridgehead atoms. The summed E-state index contributed by atoms with van der Waals surface area (Å²) in [4.78, 5) is 19.7. The monoisotopic (exact) mass is 516 g/mol. The van der Waals surface area contributed by atoms with Crippen molar-refractivity contribution in [1.82, 2.24) is 23.9 Å². The molecule has 0 unspecified atom stereocenters. The van der Waals surface area contributed by atoms with Gasteiger partial charge in [0.25, 0.3) is 0 Å². The fourth-order valence-corrected chi connectivity index (χ4v) is 7.02. The highest BCUT2D eigenvalue weighted by atomic mass is 32.2. The van der Waals surface area contributed by atoms with Gasteiger partial charge in [0, 0.05) is 24.7 Å². The molecular weight excluding hydrogens is 492 g/mol. The van der Waals surface area contributed by atoms with E-state index in [4.69, 9.17) is 0 Å². The van der Waals surface area contributed by atoms with Gasteiger partial charge < -0.3 is 5.32 Å². The number of nitrogens with one attached hydrogen (secondary N) is 1. The Bertz CT molecular complexity index is 1490. The lowest BCUT2D eigenvalue weighted by Crippen LogP contribution is -2.22. The van der Waals surface area contributed by atoms with Gasteiger partial charge in [-0.25, -0.2) is 17.7 Å². The number of nitrogens with zero attached hydrogens (tertiary/aromatic N) is 5. The number of rotatable bonds is 6. The maximum Gasteiger partial charge on any atom is 0.242 e. The maximum absolute atomic E-state index is 12.5. The summed E-state index contributed by atoms with van der Waals surface area (Å²) in [6.45, 7) is 2.28. The van der Waals surface area contributed by atoms with Crippen molar-refractivity contribution in [2.45, 2.75) is 36.2 Å². The third-order valence-electron chi connectivity index (χ3n) is 5.92. The Kier molecular flexibility index (Phi) is 6.09. The Balaban J connectivity index is 1.30. The molecule has 0 aliphatic heterocycles. The van der Waals surface area contributed by atoms with Gasteiger partial charge >= 0.3 is 0 Å². The summed E-state index contributed by atoms with van der Waals surface area (Å²) in [5, 5.41) is 13.2. The molecule has 4 aromatic rings. The van der Waals surface area contributed by atoms with Gasteiger partial charge in [-0.2, -0.15) is 0 Å². The van der Waals surface area contributed by atoms with Crippen LogP contribution in [0.4, 0.5) is 5.69 Å². The molecule has 0 saturated carbocycles. The van der Waals surface area contributed by atoms with Crippen LogP contribution in [0.1, 0.15) is 23.8 Å². The lowest BCUT2D eigenvalue weighted by molar-refractivity contribution is -0.113. The number of hydrogen-bond acceptors (Lipinski definition) is 8.